The summed E-state index contributed by atoms with van der Waals surface area (Å²) in [6.45, 7) is 5.69. The van der Waals surface area contributed by atoms with Gasteiger partial charge in [-0.1, -0.05) is 43.1 Å². The average Bonchev–Trinajstić information content (AvgIpc) is 3.50. The Balaban J connectivity index is 1.56. The zero-order valence-corrected chi connectivity index (χ0v) is 23.4. The Hall–Kier alpha value is -3.39. The molecule has 1 saturated heterocycles. The molecule has 0 aliphatic carbocycles. The zero-order chi connectivity index (χ0) is 27.0. The molecule has 3 heterocycles. The molecule has 38 heavy (non-hydrogen) atoms. The van der Waals surface area contributed by atoms with Crippen molar-refractivity contribution >= 4 is 57.8 Å². The maximum atomic E-state index is 12.3. The highest BCUT2D eigenvalue weighted by Gasteiger charge is 2.42. The lowest BCUT2D eigenvalue weighted by Gasteiger charge is -2.27. The van der Waals surface area contributed by atoms with Crippen LogP contribution in [0.4, 0.5) is 11.4 Å². The van der Waals surface area contributed by atoms with E-state index >= 15 is 0 Å². The predicted octanol–water partition coefficient (Wildman–Crippen LogP) is 7.73. The first-order chi connectivity index (χ1) is 18.2. The molecule has 2 aromatic carbocycles. The van der Waals surface area contributed by atoms with E-state index in [0.29, 0.717) is 26.7 Å². The first-order valence-corrected chi connectivity index (χ1v) is 13.4. The number of amides is 1. The molecule has 9 heteroatoms. The van der Waals surface area contributed by atoms with E-state index in [9.17, 15) is 4.79 Å². The van der Waals surface area contributed by atoms with Gasteiger partial charge in [0.15, 0.2) is 5.11 Å². The minimum absolute atomic E-state index is 0.0312. The topological polar surface area (TPSA) is 70.4 Å². The summed E-state index contributed by atoms with van der Waals surface area (Å²) in [6, 6.07) is 20.2. The molecular formula is C29H26Cl2N4O2S. The lowest BCUT2D eigenvalue weighted by atomic mass is 10.0. The molecule has 1 aliphatic heterocycles. The molecule has 0 bridgehead atoms. The number of thiocarbonyl (C=S) groups is 1. The molecule has 6 nitrogen and oxygen atoms in total. The van der Waals surface area contributed by atoms with Crippen molar-refractivity contribution in [2.24, 2.45) is 5.92 Å². The number of aryl methyl sites for hydroxylation is 1. The molecular weight excluding hydrogens is 539 g/mol. The van der Waals surface area contributed by atoms with E-state index in [0.717, 1.165) is 28.2 Å². The number of hydrogen-bond donors (Lipinski definition) is 2. The maximum absolute atomic E-state index is 12.3. The SMILES string of the molecule is Cc1cc(N2C(=S)N[C@@H](c3ccccn3)[C@H]2c2ccc(-c3ccc(Cl)cc3Cl)o2)ccc1NC(=O)C(C)C. The highest BCUT2D eigenvalue weighted by atomic mass is 35.5. The number of hydrogen-bond acceptors (Lipinski definition) is 4. The second-order valence-corrected chi connectivity index (χ2v) is 10.7. The molecule has 0 radical (unpaired) electrons. The van der Waals surface area contributed by atoms with E-state index in [-0.39, 0.29) is 23.9 Å². The van der Waals surface area contributed by atoms with Crippen molar-refractivity contribution in [2.45, 2.75) is 32.9 Å². The summed E-state index contributed by atoms with van der Waals surface area (Å²) in [5, 5.41) is 8.04. The Kier molecular flexibility index (Phi) is 7.43. The summed E-state index contributed by atoms with van der Waals surface area (Å²) >= 11 is 18.4. The van der Waals surface area contributed by atoms with Gasteiger partial charge in [0.1, 0.15) is 17.6 Å². The minimum atomic E-state index is -0.326. The van der Waals surface area contributed by atoms with Crippen LogP contribution in [0.3, 0.4) is 0 Å². The quantitative estimate of drug-likeness (QED) is 0.233. The number of benzene rings is 2. The summed E-state index contributed by atoms with van der Waals surface area (Å²) in [5.74, 6) is 1.18. The molecule has 1 amide bonds. The van der Waals surface area contributed by atoms with Gasteiger partial charge in [-0.3, -0.25) is 9.78 Å². The maximum Gasteiger partial charge on any atom is 0.226 e. The van der Waals surface area contributed by atoms with Gasteiger partial charge < -0.3 is 20.0 Å². The Morgan fingerprint density at radius 2 is 1.92 bits per heavy atom. The van der Waals surface area contributed by atoms with Crippen LogP contribution in [-0.4, -0.2) is 16.0 Å². The average molecular weight is 566 g/mol. The number of carbonyl (C=O) groups excluding carboxylic acids is 1. The monoisotopic (exact) mass is 564 g/mol. The summed E-state index contributed by atoms with van der Waals surface area (Å²) in [4.78, 5) is 18.9. The molecule has 2 N–H and O–H groups in total. The van der Waals surface area contributed by atoms with E-state index in [1.54, 1.807) is 18.3 Å². The number of furan rings is 1. The van der Waals surface area contributed by atoms with Crippen molar-refractivity contribution in [2.75, 3.05) is 10.2 Å². The van der Waals surface area contributed by atoms with Crippen molar-refractivity contribution in [1.82, 2.24) is 10.3 Å². The van der Waals surface area contributed by atoms with Crippen LogP contribution in [0.15, 0.2) is 77.3 Å². The molecule has 5 rings (SSSR count). The summed E-state index contributed by atoms with van der Waals surface area (Å²) < 4.78 is 6.41. The van der Waals surface area contributed by atoms with Gasteiger partial charge in [-0.05, 0) is 85.4 Å². The van der Waals surface area contributed by atoms with E-state index in [1.807, 2.05) is 80.3 Å². The summed E-state index contributed by atoms with van der Waals surface area (Å²) in [7, 11) is 0. The third-order valence-electron chi connectivity index (χ3n) is 6.48. The van der Waals surface area contributed by atoms with E-state index in [2.05, 4.69) is 15.6 Å². The zero-order valence-electron chi connectivity index (χ0n) is 21.0. The lowest BCUT2D eigenvalue weighted by Crippen LogP contribution is -2.29. The van der Waals surface area contributed by atoms with Crippen LogP contribution in [0, 0.1) is 12.8 Å². The van der Waals surface area contributed by atoms with Gasteiger partial charge in [0, 0.05) is 34.1 Å². The Morgan fingerprint density at radius 3 is 2.61 bits per heavy atom. The van der Waals surface area contributed by atoms with E-state index < -0.39 is 0 Å². The molecule has 0 unspecified atom stereocenters. The van der Waals surface area contributed by atoms with Gasteiger partial charge in [-0.25, -0.2) is 0 Å². The number of pyridine rings is 1. The van der Waals surface area contributed by atoms with Crippen molar-refractivity contribution in [1.29, 1.82) is 0 Å². The number of nitrogens with one attached hydrogen (secondary N) is 2. The van der Waals surface area contributed by atoms with Gasteiger partial charge in [0.05, 0.1) is 16.8 Å². The van der Waals surface area contributed by atoms with Crippen molar-refractivity contribution < 1.29 is 9.21 Å². The van der Waals surface area contributed by atoms with Gasteiger partial charge in [-0.15, -0.1) is 0 Å². The van der Waals surface area contributed by atoms with Crippen LogP contribution >= 0.6 is 35.4 Å². The van der Waals surface area contributed by atoms with Gasteiger partial charge in [-0.2, -0.15) is 0 Å². The molecule has 1 aliphatic rings. The molecule has 4 aromatic rings. The van der Waals surface area contributed by atoms with Crippen LogP contribution in [0.2, 0.25) is 10.0 Å². The highest BCUT2D eigenvalue weighted by molar-refractivity contribution is 7.80. The number of aromatic nitrogens is 1. The summed E-state index contributed by atoms with van der Waals surface area (Å²) in [5.41, 5.74) is 4.14. The first-order valence-electron chi connectivity index (χ1n) is 12.2. The number of halogens is 2. The first kappa shape index (κ1) is 26.2. The minimum Gasteiger partial charge on any atom is -0.459 e. The van der Waals surface area contributed by atoms with Crippen LogP contribution in [0.25, 0.3) is 11.3 Å². The number of nitrogens with zero attached hydrogens (tertiary/aromatic N) is 2. The molecule has 1 fully saturated rings. The standard InChI is InChI=1S/C29H26Cl2N4O2S/c1-16(2)28(36)33-22-10-8-19(14-17(22)3)35-27(26(34-29(35)38)23-6-4-5-13-32-23)25-12-11-24(37-25)20-9-7-18(30)15-21(20)31/h4-16,26-27H,1-3H3,(H,33,36)(H,34,38)/t26-,27+/m0/s1. The molecule has 194 valence electrons. The van der Waals surface area contributed by atoms with Gasteiger partial charge in [0.25, 0.3) is 0 Å². The van der Waals surface area contributed by atoms with Crippen molar-refractivity contribution in [3.05, 3.63) is 100.0 Å². The third-order valence-corrected chi connectivity index (χ3v) is 7.35. The van der Waals surface area contributed by atoms with E-state index in [1.165, 1.54) is 0 Å². The Labute approximate surface area is 237 Å². The predicted molar refractivity (Wildman–Crippen MR) is 157 cm³/mol. The second-order valence-electron chi connectivity index (χ2n) is 9.47. The lowest BCUT2D eigenvalue weighted by molar-refractivity contribution is -0.118. The van der Waals surface area contributed by atoms with Crippen LogP contribution < -0.4 is 15.5 Å². The second kappa shape index (κ2) is 10.8. The Bertz CT molecular complexity index is 1510. The van der Waals surface area contributed by atoms with E-state index in [4.69, 9.17) is 39.8 Å². The molecule has 0 spiro atoms. The van der Waals surface area contributed by atoms with Crippen LogP contribution in [0.5, 0.6) is 0 Å². The smallest absolute Gasteiger partial charge is 0.226 e. The fourth-order valence-corrected chi connectivity index (χ4v) is 5.33. The summed E-state index contributed by atoms with van der Waals surface area (Å²) in [6.07, 6.45) is 1.76. The molecule has 2 aromatic heterocycles. The molecule has 2 atom stereocenters. The normalized spacial score (nSPS) is 17.1. The fraction of sp³-hybridized carbons (Fsp3) is 0.207. The van der Waals surface area contributed by atoms with Gasteiger partial charge in [0.2, 0.25) is 5.91 Å². The van der Waals surface area contributed by atoms with Crippen LogP contribution in [0.1, 0.15) is 42.9 Å². The molecule has 0 saturated carbocycles. The third kappa shape index (κ3) is 5.14. The number of carbonyl (C=O) groups is 1. The highest BCUT2D eigenvalue weighted by Crippen LogP contribution is 2.44. The van der Waals surface area contributed by atoms with Crippen molar-refractivity contribution in [3.8, 4) is 11.3 Å². The number of rotatable bonds is 6. The van der Waals surface area contributed by atoms with Gasteiger partial charge >= 0.3 is 0 Å². The van der Waals surface area contributed by atoms with Crippen LogP contribution in [-0.2, 0) is 4.79 Å². The van der Waals surface area contributed by atoms with Crippen molar-refractivity contribution in [3.63, 3.8) is 0 Å². The Morgan fingerprint density at radius 1 is 1.11 bits per heavy atom. The number of anilines is 2. The largest absolute Gasteiger partial charge is 0.459 e. The fourth-order valence-electron chi connectivity index (χ4n) is 4.48.